The highest BCUT2D eigenvalue weighted by molar-refractivity contribution is 8.14. The lowest BCUT2D eigenvalue weighted by Crippen LogP contribution is -2.43. The van der Waals surface area contributed by atoms with Crippen molar-refractivity contribution in [2.45, 2.75) is 17.6 Å². The minimum atomic E-state index is -0.224. The van der Waals surface area contributed by atoms with Crippen LogP contribution in [0.4, 0.5) is 4.79 Å². The summed E-state index contributed by atoms with van der Waals surface area (Å²) in [5, 5.41) is -0.224. The molecule has 0 bridgehead atoms. The van der Waals surface area contributed by atoms with Crippen LogP contribution >= 0.6 is 11.8 Å². The van der Waals surface area contributed by atoms with Gasteiger partial charge in [0, 0.05) is 0 Å². The molecule has 72 valence electrons. The average Bonchev–Trinajstić information content (AvgIpc) is 2.47. The topological polar surface area (TPSA) is 35.5 Å². The van der Waals surface area contributed by atoms with Crippen LogP contribution in [0, 0.1) is 0 Å². The van der Waals surface area contributed by atoms with Gasteiger partial charge in [0.15, 0.2) is 11.5 Å². The first-order valence-electron chi connectivity index (χ1n) is 4.42. The molecule has 3 rings (SSSR count). The Kier molecular flexibility index (Phi) is 1.78. The maximum atomic E-state index is 10.9. The van der Waals surface area contributed by atoms with E-state index in [0.717, 1.165) is 17.3 Å². The normalized spacial score (nSPS) is 34.6. The molecule has 2 aliphatic heterocycles. The third kappa shape index (κ3) is 1.14. The zero-order chi connectivity index (χ0) is 9.54. The first kappa shape index (κ1) is 8.32. The molecule has 2 heterocycles. The molecule has 0 saturated carbocycles. The quantitative estimate of drug-likeness (QED) is 0.663. The molecule has 4 heteroatoms. The van der Waals surface area contributed by atoms with Gasteiger partial charge < -0.3 is 9.47 Å². The van der Waals surface area contributed by atoms with Gasteiger partial charge in [-0.25, -0.2) is 4.79 Å². The highest BCUT2D eigenvalue weighted by Crippen LogP contribution is 2.48. The Balaban J connectivity index is 1.81. The summed E-state index contributed by atoms with van der Waals surface area (Å²) in [5.74, 6) is 0. The fraction of sp³-hybridized carbons (Fsp3) is 0.300. The molecule has 1 aromatic carbocycles. The molecule has 0 N–H and O–H groups in total. The van der Waals surface area contributed by atoms with Gasteiger partial charge in [0.25, 0.3) is 0 Å². The van der Waals surface area contributed by atoms with Crippen LogP contribution < -0.4 is 0 Å². The van der Waals surface area contributed by atoms with E-state index in [-0.39, 0.29) is 22.9 Å². The highest BCUT2D eigenvalue weighted by atomic mass is 32.2. The van der Waals surface area contributed by atoms with Crippen LogP contribution in [-0.4, -0.2) is 16.8 Å². The third-order valence-corrected chi connectivity index (χ3v) is 3.32. The van der Waals surface area contributed by atoms with Crippen LogP contribution in [0.3, 0.4) is 0 Å². The Morgan fingerprint density at radius 2 is 2.00 bits per heavy atom. The maximum absolute atomic E-state index is 10.9. The summed E-state index contributed by atoms with van der Waals surface area (Å²) in [7, 11) is 0. The molecular weight excluding hydrogens is 200 g/mol. The van der Waals surface area contributed by atoms with Crippen molar-refractivity contribution in [3.05, 3.63) is 35.9 Å². The molecule has 0 spiro atoms. The smallest absolute Gasteiger partial charge is 0.370 e. The van der Waals surface area contributed by atoms with Gasteiger partial charge in [-0.15, -0.1) is 0 Å². The first-order chi connectivity index (χ1) is 6.84. The lowest BCUT2D eigenvalue weighted by Gasteiger charge is -2.37. The lowest BCUT2D eigenvalue weighted by molar-refractivity contribution is -0.172. The SMILES string of the molecule is O=C1O[C@@H]2[C@@H](O[C@H]2c2ccccc2)S1. The summed E-state index contributed by atoms with van der Waals surface area (Å²) in [6.07, 6.45) is -0.157. The number of hydrogen-bond donors (Lipinski definition) is 0. The standard InChI is InChI=1S/C10H8O3S/c11-10-13-8-7(12-9(8)14-10)6-4-2-1-3-5-6/h1-5,7-9H/t7-,8-,9-/m0/s1. The van der Waals surface area contributed by atoms with E-state index in [4.69, 9.17) is 9.47 Å². The van der Waals surface area contributed by atoms with E-state index in [1.165, 1.54) is 0 Å². The number of ether oxygens (including phenoxy) is 2. The minimum absolute atomic E-state index is 0.0693. The summed E-state index contributed by atoms with van der Waals surface area (Å²) in [4.78, 5) is 10.9. The van der Waals surface area contributed by atoms with E-state index in [9.17, 15) is 4.79 Å². The second-order valence-corrected chi connectivity index (χ2v) is 4.32. The number of benzene rings is 1. The Morgan fingerprint density at radius 1 is 1.21 bits per heavy atom. The number of thioether (sulfide) groups is 1. The number of hydrogen-bond acceptors (Lipinski definition) is 4. The van der Waals surface area contributed by atoms with Gasteiger partial charge in [0.05, 0.1) is 0 Å². The molecule has 2 saturated heterocycles. The monoisotopic (exact) mass is 208 g/mol. The summed E-state index contributed by atoms with van der Waals surface area (Å²) in [6, 6.07) is 9.83. The zero-order valence-corrected chi connectivity index (χ0v) is 8.07. The van der Waals surface area contributed by atoms with Crippen LogP contribution in [0.15, 0.2) is 30.3 Å². The van der Waals surface area contributed by atoms with Crippen molar-refractivity contribution in [2.24, 2.45) is 0 Å². The van der Waals surface area contributed by atoms with Crippen LogP contribution in [0.1, 0.15) is 11.7 Å². The fourth-order valence-electron chi connectivity index (χ4n) is 1.71. The predicted molar refractivity (Wildman–Crippen MR) is 51.9 cm³/mol. The summed E-state index contributed by atoms with van der Waals surface area (Å²) >= 11 is 1.13. The molecule has 2 aliphatic rings. The molecule has 0 radical (unpaired) electrons. The van der Waals surface area contributed by atoms with Crippen molar-refractivity contribution in [2.75, 3.05) is 0 Å². The van der Waals surface area contributed by atoms with Gasteiger partial charge in [-0.05, 0) is 17.3 Å². The third-order valence-electron chi connectivity index (χ3n) is 2.42. The Labute approximate surface area is 85.4 Å². The Morgan fingerprint density at radius 3 is 2.71 bits per heavy atom. The minimum Gasteiger partial charge on any atom is -0.447 e. The van der Waals surface area contributed by atoms with Gasteiger partial charge in [0.1, 0.15) is 6.10 Å². The van der Waals surface area contributed by atoms with Gasteiger partial charge >= 0.3 is 5.30 Å². The fourth-order valence-corrected chi connectivity index (χ4v) is 2.57. The molecule has 0 amide bonds. The summed E-state index contributed by atoms with van der Waals surface area (Å²) in [6.45, 7) is 0. The predicted octanol–water partition coefficient (Wildman–Crippen LogP) is 2.34. The molecular formula is C10H8O3S. The largest absolute Gasteiger partial charge is 0.447 e. The summed E-state index contributed by atoms with van der Waals surface area (Å²) in [5.41, 5.74) is 0.983. The van der Waals surface area contributed by atoms with E-state index in [1.54, 1.807) is 0 Å². The van der Waals surface area contributed by atoms with Crippen molar-refractivity contribution in [1.82, 2.24) is 0 Å². The van der Waals surface area contributed by atoms with Crippen LogP contribution in [0.25, 0.3) is 0 Å². The lowest BCUT2D eigenvalue weighted by atomic mass is 10.0. The van der Waals surface area contributed by atoms with E-state index >= 15 is 0 Å². The van der Waals surface area contributed by atoms with E-state index in [2.05, 4.69) is 0 Å². The number of rotatable bonds is 1. The van der Waals surface area contributed by atoms with Crippen LogP contribution in [0.5, 0.6) is 0 Å². The number of fused-ring (bicyclic) bond motifs is 1. The molecule has 14 heavy (non-hydrogen) atoms. The average molecular weight is 208 g/mol. The van der Waals surface area contributed by atoms with Gasteiger partial charge in [-0.1, -0.05) is 30.3 Å². The van der Waals surface area contributed by atoms with Crippen molar-refractivity contribution < 1.29 is 14.3 Å². The molecule has 0 aromatic heterocycles. The van der Waals surface area contributed by atoms with Crippen LogP contribution in [0.2, 0.25) is 0 Å². The highest BCUT2D eigenvalue weighted by Gasteiger charge is 2.52. The first-order valence-corrected chi connectivity index (χ1v) is 5.30. The summed E-state index contributed by atoms with van der Waals surface area (Å²) < 4.78 is 10.7. The molecule has 1 aromatic rings. The second kappa shape index (κ2) is 3.00. The molecule has 0 aliphatic carbocycles. The number of carbonyl (C=O) groups excluding carboxylic acids is 1. The zero-order valence-electron chi connectivity index (χ0n) is 7.25. The molecule has 3 nitrogen and oxygen atoms in total. The van der Waals surface area contributed by atoms with Gasteiger partial charge in [-0.2, -0.15) is 0 Å². The van der Waals surface area contributed by atoms with Gasteiger partial charge in [-0.3, -0.25) is 0 Å². The van der Waals surface area contributed by atoms with Crippen molar-refractivity contribution >= 4 is 17.1 Å². The van der Waals surface area contributed by atoms with Crippen molar-refractivity contribution in [3.8, 4) is 0 Å². The van der Waals surface area contributed by atoms with E-state index < -0.39 is 0 Å². The van der Waals surface area contributed by atoms with E-state index in [0.29, 0.717) is 0 Å². The second-order valence-electron chi connectivity index (χ2n) is 3.29. The van der Waals surface area contributed by atoms with Crippen molar-refractivity contribution in [1.29, 1.82) is 0 Å². The Bertz CT molecular complexity index is 365. The molecule has 3 atom stereocenters. The van der Waals surface area contributed by atoms with Crippen LogP contribution in [-0.2, 0) is 9.47 Å². The van der Waals surface area contributed by atoms with Crippen molar-refractivity contribution in [3.63, 3.8) is 0 Å². The maximum Gasteiger partial charge on any atom is 0.370 e. The van der Waals surface area contributed by atoms with E-state index in [1.807, 2.05) is 30.3 Å². The molecule has 0 unspecified atom stereocenters. The molecule has 2 fully saturated rings. The Hall–Kier alpha value is -1.00. The number of carbonyl (C=O) groups is 1. The van der Waals surface area contributed by atoms with Gasteiger partial charge in [0.2, 0.25) is 0 Å².